The Hall–Kier alpha value is -1.98. The summed E-state index contributed by atoms with van der Waals surface area (Å²) in [6.45, 7) is 0. The molecule has 0 unspecified atom stereocenters. The minimum Gasteiger partial charge on any atom is -0.399 e. The van der Waals surface area contributed by atoms with Crippen molar-refractivity contribution in [3.05, 3.63) is 42.0 Å². The molecule has 0 saturated heterocycles. The van der Waals surface area contributed by atoms with E-state index in [-0.39, 0.29) is 11.4 Å². The molecule has 0 aliphatic rings. The Labute approximate surface area is 89.3 Å². The summed E-state index contributed by atoms with van der Waals surface area (Å²) in [5.74, 6) is -0.607. The highest BCUT2D eigenvalue weighted by atomic mass is 19.3. The van der Waals surface area contributed by atoms with E-state index in [2.05, 4.69) is 5.10 Å². The summed E-state index contributed by atoms with van der Waals surface area (Å²) in [6, 6.07) is 5.11. The van der Waals surface area contributed by atoms with Gasteiger partial charge in [-0.2, -0.15) is 5.10 Å². The molecule has 3 nitrogen and oxygen atoms in total. The molecule has 6 heteroatoms. The summed E-state index contributed by atoms with van der Waals surface area (Å²) in [5.41, 5.74) is 5.33. The molecule has 0 amide bonds. The van der Waals surface area contributed by atoms with Crippen LogP contribution in [0.2, 0.25) is 0 Å². The van der Waals surface area contributed by atoms with Gasteiger partial charge in [0, 0.05) is 11.9 Å². The average molecular weight is 227 g/mol. The van der Waals surface area contributed by atoms with E-state index in [4.69, 9.17) is 5.73 Å². The number of anilines is 1. The Bertz CT molecular complexity index is 508. The standard InChI is InChI=1S/C10H8F3N3/c11-7-5-6(14)1-2-9(7)16-4-3-8(15-16)10(12)13/h1-5,10H,14H2. The van der Waals surface area contributed by atoms with Crippen molar-refractivity contribution in [2.24, 2.45) is 0 Å². The Balaban J connectivity index is 2.42. The number of hydrogen-bond donors (Lipinski definition) is 1. The molecular formula is C10H8F3N3. The van der Waals surface area contributed by atoms with Crippen molar-refractivity contribution in [1.82, 2.24) is 9.78 Å². The summed E-state index contributed by atoms with van der Waals surface area (Å²) in [6.07, 6.45) is -1.39. The fourth-order valence-electron chi connectivity index (χ4n) is 1.30. The number of benzene rings is 1. The van der Waals surface area contributed by atoms with Gasteiger partial charge in [0.1, 0.15) is 11.4 Å². The van der Waals surface area contributed by atoms with Crippen molar-refractivity contribution in [2.45, 2.75) is 6.43 Å². The fraction of sp³-hybridized carbons (Fsp3) is 0.100. The second kappa shape index (κ2) is 3.88. The number of nitrogen functional groups attached to an aromatic ring is 1. The van der Waals surface area contributed by atoms with Gasteiger partial charge in [-0.1, -0.05) is 0 Å². The highest BCUT2D eigenvalue weighted by molar-refractivity contribution is 5.46. The molecule has 1 aromatic heterocycles. The third-order valence-electron chi connectivity index (χ3n) is 2.05. The van der Waals surface area contributed by atoms with Gasteiger partial charge in [-0.25, -0.2) is 17.9 Å². The van der Waals surface area contributed by atoms with Crippen LogP contribution in [0.5, 0.6) is 0 Å². The van der Waals surface area contributed by atoms with E-state index in [0.29, 0.717) is 0 Å². The highest BCUT2D eigenvalue weighted by Crippen LogP contribution is 2.20. The molecule has 84 valence electrons. The Morgan fingerprint density at radius 3 is 2.56 bits per heavy atom. The molecule has 0 fully saturated rings. The molecule has 0 bridgehead atoms. The number of nitrogens with two attached hydrogens (primary N) is 1. The number of rotatable bonds is 2. The maximum absolute atomic E-state index is 13.4. The smallest absolute Gasteiger partial charge is 0.282 e. The molecule has 1 heterocycles. The topological polar surface area (TPSA) is 43.8 Å². The predicted molar refractivity (Wildman–Crippen MR) is 52.9 cm³/mol. The van der Waals surface area contributed by atoms with Gasteiger partial charge in [-0.05, 0) is 24.3 Å². The van der Waals surface area contributed by atoms with Crippen LogP contribution in [0.25, 0.3) is 5.69 Å². The normalized spacial score (nSPS) is 11.0. The summed E-state index contributed by atoms with van der Waals surface area (Å²) in [5, 5.41) is 3.56. The van der Waals surface area contributed by atoms with Gasteiger partial charge >= 0.3 is 0 Å². The molecule has 16 heavy (non-hydrogen) atoms. The first kappa shape index (κ1) is 10.5. The molecule has 2 aromatic rings. The van der Waals surface area contributed by atoms with Crippen LogP contribution >= 0.6 is 0 Å². The number of hydrogen-bond acceptors (Lipinski definition) is 2. The van der Waals surface area contributed by atoms with Gasteiger partial charge in [0.05, 0.1) is 0 Å². The summed E-state index contributed by atoms with van der Waals surface area (Å²) >= 11 is 0. The maximum atomic E-state index is 13.4. The maximum Gasteiger partial charge on any atom is 0.282 e. The lowest BCUT2D eigenvalue weighted by atomic mass is 10.3. The Kier molecular flexibility index (Phi) is 2.55. The van der Waals surface area contributed by atoms with Gasteiger partial charge in [0.2, 0.25) is 0 Å². The summed E-state index contributed by atoms with van der Waals surface area (Å²) in [4.78, 5) is 0. The van der Waals surface area contributed by atoms with Crippen LogP contribution in [0.15, 0.2) is 30.5 Å². The van der Waals surface area contributed by atoms with Crippen molar-refractivity contribution in [2.75, 3.05) is 5.73 Å². The van der Waals surface area contributed by atoms with Gasteiger partial charge in [-0.3, -0.25) is 0 Å². The molecule has 0 aliphatic carbocycles. The van der Waals surface area contributed by atoms with Gasteiger partial charge in [-0.15, -0.1) is 0 Å². The van der Waals surface area contributed by atoms with Crippen molar-refractivity contribution < 1.29 is 13.2 Å². The molecule has 2 rings (SSSR count). The molecule has 0 spiro atoms. The van der Waals surface area contributed by atoms with Crippen LogP contribution in [0.1, 0.15) is 12.1 Å². The van der Waals surface area contributed by atoms with Crippen LogP contribution in [0, 0.1) is 5.82 Å². The number of halogens is 3. The second-order valence-corrected chi connectivity index (χ2v) is 3.20. The zero-order chi connectivity index (χ0) is 11.7. The number of alkyl halides is 2. The van der Waals surface area contributed by atoms with E-state index in [1.807, 2.05) is 0 Å². The molecule has 0 atom stereocenters. The molecule has 2 N–H and O–H groups in total. The van der Waals surface area contributed by atoms with Crippen molar-refractivity contribution in [1.29, 1.82) is 0 Å². The summed E-state index contributed by atoms with van der Waals surface area (Å²) in [7, 11) is 0. The molecular weight excluding hydrogens is 219 g/mol. The zero-order valence-electron chi connectivity index (χ0n) is 8.07. The van der Waals surface area contributed by atoms with E-state index < -0.39 is 17.9 Å². The van der Waals surface area contributed by atoms with Crippen LogP contribution in [-0.4, -0.2) is 9.78 Å². The van der Waals surface area contributed by atoms with Crippen molar-refractivity contribution >= 4 is 5.69 Å². The highest BCUT2D eigenvalue weighted by Gasteiger charge is 2.12. The van der Waals surface area contributed by atoms with E-state index in [0.717, 1.165) is 16.8 Å². The lowest BCUT2D eigenvalue weighted by molar-refractivity contribution is 0.145. The van der Waals surface area contributed by atoms with Crippen molar-refractivity contribution in [3.8, 4) is 5.69 Å². The second-order valence-electron chi connectivity index (χ2n) is 3.20. The summed E-state index contributed by atoms with van der Waals surface area (Å²) < 4.78 is 39.0. The Morgan fingerprint density at radius 2 is 2.00 bits per heavy atom. The van der Waals surface area contributed by atoms with E-state index >= 15 is 0 Å². The first-order valence-corrected chi connectivity index (χ1v) is 4.47. The van der Waals surface area contributed by atoms with Crippen molar-refractivity contribution in [3.63, 3.8) is 0 Å². The largest absolute Gasteiger partial charge is 0.399 e. The zero-order valence-corrected chi connectivity index (χ0v) is 8.07. The van der Waals surface area contributed by atoms with E-state index in [9.17, 15) is 13.2 Å². The van der Waals surface area contributed by atoms with E-state index in [1.165, 1.54) is 18.3 Å². The first-order valence-electron chi connectivity index (χ1n) is 4.47. The average Bonchev–Trinajstić information content (AvgIpc) is 2.66. The Morgan fingerprint density at radius 1 is 1.25 bits per heavy atom. The third kappa shape index (κ3) is 1.86. The lowest BCUT2D eigenvalue weighted by Crippen LogP contribution is -2.00. The molecule has 0 saturated carbocycles. The number of aromatic nitrogens is 2. The number of nitrogens with zero attached hydrogens (tertiary/aromatic N) is 2. The van der Waals surface area contributed by atoms with E-state index in [1.54, 1.807) is 0 Å². The SMILES string of the molecule is Nc1ccc(-n2ccc(C(F)F)n2)c(F)c1. The molecule has 1 aromatic carbocycles. The fourth-order valence-corrected chi connectivity index (χ4v) is 1.30. The quantitative estimate of drug-likeness (QED) is 0.801. The minimum atomic E-state index is -2.67. The van der Waals surface area contributed by atoms with Gasteiger partial charge in [0.25, 0.3) is 6.43 Å². The third-order valence-corrected chi connectivity index (χ3v) is 2.05. The first-order chi connectivity index (χ1) is 7.58. The van der Waals surface area contributed by atoms with Crippen LogP contribution in [0.3, 0.4) is 0 Å². The van der Waals surface area contributed by atoms with Crippen LogP contribution in [-0.2, 0) is 0 Å². The van der Waals surface area contributed by atoms with Gasteiger partial charge in [0.15, 0.2) is 5.82 Å². The van der Waals surface area contributed by atoms with Gasteiger partial charge < -0.3 is 5.73 Å². The van der Waals surface area contributed by atoms with Crippen LogP contribution in [0.4, 0.5) is 18.9 Å². The molecule has 0 aliphatic heterocycles. The molecule has 0 radical (unpaired) electrons. The lowest BCUT2D eigenvalue weighted by Gasteiger charge is -2.03. The predicted octanol–water partition coefficient (Wildman–Crippen LogP) is 2.53. The minimum absolute atomic E-state index is 0.0844. The monoisotopic (exact) mass is 227 g/mol. The van der Waals surface area contributed by atoms with Crippen LogP contribution < -0.4 is 5.73 Å².